The number of isothiocyanates is 2. The molecule has 222 valence electrons. The van der Waals surface area contributed by atoms with Crippen molar-refractivity contribution in [1.82, 2.24) is 9.80 Å². The number of ether oxygens (including phenoxy) is 4. The van der Waals surface area contributed by atoms with Crippen LogP contribution in [0.25, 0.3) is 10.8 Å². The van der Waals surface area contributed by atoms with Crippen LogP contribution in [0.4, 0.5) is 11.4 Å². The van der Waals surface area contributed by atoms with Crippen LogP contribution in [0.3, 0.4) is 0 Å². The van der Waals surface area contributed by atoms with E-state index in [4.69, 9.17) is 41.2 Å². The Morgan fingerprint density at radius 2 is 0.854 bits per heavy atom. The molecule has 41 heavy (non-hydrogen) atoms. The van der Waals surface area contributed by atoms with Crippen LogP contribution in [-0.2, 0) is 32.0 Å². The molecule has 2 radical (unpaired) electrons. The Kier molecular flexibility index (Phi) is 26.1. The molecule has 2 aromatic rings. The number of nitrogen functional groups attached to an aromatic ring is 2. The Balaban J connectivity index is 0.00000210. The fourth-order valence-corrected chi connectivity index (χ4v) is 3.80. The molecule has 0 atom stereocenters. The molecular weight excluding hydrogens is 756 g/mol. The number of hydrogen-bond acceptors (Lipinski definition) is 10. The fraction of sp³-hybridized carbons (Fsp3) is 0.500. The van der Waals surface area contributed by atoms with Gasteiger partial charge in [-0.05, 0) is 23.3 Å². The summed E-state index contributed by atoms with van der Waals surface area (Å²) < 4.78 is 23.3. The second-order valence-electron chi connectivity index (χ2n) is 8.58. The molecule has 0 bridgehead atoms. The average molecular weight is 796 g/mol. The van der Waals surface area contributed by atoms with Crippen LogP contribution in [0.15, 0.2) is 48.5 Å². The molecule has 10 nitrogen and oxygen atoms in total. The zero-order valence-electron chi connectivity index (χ0n) is 23.4. The summed E-state index contributed by atoms with van der Waals surface area (Å²) in [4.78, 5) is 4.62. The maximum Gasteiger partial charge on any atom is 2.00 e. The Morgan fingerprint density at radius 3 is 1.12 bits per heavy atom. The van der Waals surface area contributed by atoms with E-state index in [1.165, 1.54) is 10.3 Å². The second kappa shape index (κ2) is 27.2. The van der Waals surface area contributed by atoms with Gasteiger partial charge in [-0.3, -0.25) is 9.80 Å². The van der Waals surface area contributed by atoms with Gasteiger partial charge >= 0.3 is 27.3 Å². The van der Waals surface area contributed by atoms with E-state index in [2.05, 4.69) is 46.4 Å². The third kappa shape index (κ3) is 20.0. The predicted molar refractivity (Wildman–Crippen MR) is 173 cm³/mol. The fourth-order valence-electron chi connectivity index (χ4n) is 3.80. The van der Waals surface area contributed by atoms with Crippen molar-refractivity contribution >= 4 is 73.4 Å². The van der Waals surface area contributed by atoms with E-state index >= 15 is 0 Å². The quantitative estimate of drug-likeness (QED) is 0.206. The molecule has 1 aliphatic rings. The number of nitrogens with two attached hydrogens (primary N) is 2. The SMILES string of the molecule is Nc1ccccc1CN1CCOCCOCCN(Cc2ccccc2N)CCOCCOCC1.[N-]=C=S.[N-]=C=S.[Pb+2]. The summed E-state index contributed by atoms with van der Waals surface area (Å²) in [5, 5.41) is 16.9. The average Bonchev–Trinajstić information content (AvgIpc) is 2.94. The maximum absolute atomic E-state index is 7.13. The Bertz CT molecular complexity index is 912. The van der Waals surface area contributed by atoms with Crippen LogP contribution < -0.4 is 11.5 Å². The first-order valence-electron chi connectivity index (χ1n) is 13.0. The van der Waals surface area contributed by atoms with Crippen molar-refractivity contribution in [1.29, 1.82) is 0 Å². The number of thiocarbonyl (C=S) groups is 2. The van der Waals surface area contributed by atoms with Crippen LogP contribution in [0.2, 0.25) is 0 Å². The van der Waals surface area contributed by atoms with Gasteiger partial charge in [0.05, 0.1) is 52.9 Å². The minimum absolute atomic E-state index is 0. The number of rotatable bonds is 4. The molecule has 2 aromatic carbocycles. The molecule has 0 aromatic heterocycles. The van der Waals surface area contributed by atoms with Gasteiger partial charge in [0.15, 0.2) is 0 Å². The van der Waals surface area contributed by atoms with Crippen LogP contribution in [0, 0.1) is 0 Å². The Morgan fingerprint density at radius 1 is 0.585 bits per heavy atom. The molecule has 1 aliphatic heterocycles. The summed E-state index contributed by atoms with van der Waals surface area (Å²) in [6.07, 6.45) is 0. The van der Waals surface area contributed by atoms with Crippen molar-refractivity contribution in [2.75, 3.05) is 90.5 Å². The van der Waals surface area contributed by atoms with Crippen molar-refractivity contribution in [2.24, 2.45) is 0 Å². The van der Waals surface area contributed by atoms with Gasteiger partial charge < -0.3 is 41.2 Å². The number of para-hydroxylation sites is 2. The zero-order valence-corrected chi connectivity index (χ0v) is 28.9. The first-order valence-corrected chi connectivity index (χ1v) is 13.8. The molecule has 0 saturated carbocycles. The number of hydrogen-bond donors (Lipinski definition) is 2. The topological polar surface area (TPSA) is 140 Å². The molecule has 1 saturated heterocycles. The largest absolute Gasteiger partial charge is 2.00 e. The summed E-state index contributed by atoms with van der Waals surface area (Å²) in [5.41, 5.74) is 16.1. The van der Waals surface area contributed by atoms with Gasteiger partial charge in [0.25, 0.3) is 0 Å². The van der Waals surface area contributed by atoms with Crippen molar-refractivity contribution in [3.05, 3.63) is 70.5 Å². The third-order valence-corrected chi connectivity index (χ3v) is 5.85. The van der Waals surface area contributed by atoms with Crippen molar-refractivity contribution < 1.29 is 18.9 Å². The van der Waals surface area contributed by atoms with Crippen LogP contribution in [-0.4, -0.2) is 126 Å². The molecular formula is C28H40N6O4PbS2. The molecule has 0 unspecified atom stereocenters. The van der Waals surface area contributed by atoms with E-state index in [0.29, 0.717) is 52.9 Å². The summed E-state index contributed by atoms with van der Waals surface area (Å²) in [5.74, 6) is 0. The predicted octanol–water partition coefficient (Wildman–Crippen LogP) is 3.17. The second-order valence-corrected chi connectivity index (χ2v) is 8.95. The normalized spacial score (nSPS) is 16.4. The van der Waals surface area contributed by atoms with E-state index < -0.39 is 0 Å². The van der Waals surface area contributed by atoms with Crippen molar-refractivity contribution in [3.8, 4) is 0 Å². The summed E-state index contributed by atoms with van der Waals surface area (Å²) in [6.45, 7) is 9.62. The zero-order chi connectivity index (χ0) is 29.3. The van der Waals surface area contributed by atoms with Crippen molar-refractivity contribution in [3.63, 3.8) is 0 Å². The molecule has 1 heterocycles. The van der Waals surface area contributed by atoms with Gasteiger partial charge in [-0.2, -0.15) is 10.3 Å². The van der Waals surface area contributed by atoms with Crippen molar-refractivity contribution in [2.45, 2.75) is 13.1 Å². The monoisotopic (exact) mass is 796 g/mol. The van der Waals surface area contributed by atoms with Crippen LogP contribution in [0.1, 0.15) is 11.1 Å². The molecule has 0 spiro atoms. The van der Waals surface area contributed by atoms with Crippen LogP contribution in [0.5, 0.6) is 0 Å². The smallest absolute Gasteiger partial charge is 0.753 e. The Hall–Kier alpha value is -1.68. The minimum atomic E-state index is 0. The van der Waals surface area contributed by atoms with Gasteiger partial charge in [-0.1, -0.05) is 60.8 Å². The molecule has 1 fully saturated rings. The molecule has 13 heteroatoms. The number of anilines is 2. The summed E-state index contributed by atoms with van der Waals surface area (Å²) >= 11 is 7.40. The Labute approximate surface area is 274 Å². The van der Waals surface area contributed by atoms with E-state index in [1.54, 1.807) is 0 Å². The molecule has 4 N–H and O–H groups in total. The van der Waals surface area contributed by atoms with E-state index in [0.717, 1.165) is 61.8 Å². The van der Waals surface area contributed by atoms with Gasteiger partial charge in [-0.25, -0.2) is 0 Å². The molecule has 3 rings (SSSR count). The number of nitrogens with zero attached hydrogens (tertiary/aromatic N) is 4. The van der Waals surface area contributed by atoms with E-state index in [1.807, 2.05) is 36.4 Å². The third-order valence-electron chi connectivity index (χ3n) is 5.85. The first kappa shape index (κ1) is 39.3. The number of benzene rings is 2. The standard InChI is InChI=1S/C26H40N4O4.2CNS.Pb/c27-25-7-3-1-5-23(25)21-29-9-13-31-17-19-33-15-11-30(12-16-34-20-18-32-14-10-29)22-24-6-2-4-8-26(24)28;2*2-1-3;/h1-8H,9-22,27-28H2;;;/q;2*-1;+2. The van der Waals surface area contributed by atoms with Gasteiger partial charge in [0.1, 0.15) is 0 Å². The van der Waals surface area contributed by atoms with Crippen LogP contribution >= 0.6 is 24.4 Å². The van der Waals surface area contributed by atoms with E-state index in [9.17, 15) is 0 Å². The molecule has 0 amide bonds. The van der Waals surface area contributed by atoms with Gasteiger partial charge in [-0.15, -0.1) is 0 Å². The van der Waals surface area contributed by atoms with Gasteiger partial charge in [0.2, 0.25) is 0 Å². The minimum Gasteiger partial charge on any atom is -0.753 e. The molecule has 0 aliphatic carbocycles. The summed E-state index contributed by atoms with van der Waals surface area (Å²) in [6, 6.07) is 16.0. The summed E-state index contributed by atoms with van der Waals surface area (Å²) in [7, 11) is 0. The maximum atomic E-state index is 7.13. The van der Waals surface area contributed by atoms with Gasteiger partial charge in [0, 0.05) is 50.6 Å². The van der Waals surface area contributed by atoms with E-state index in [-0.39, 0.29) is 27.3 Å². The first-order chi connectivity index (χ1) is 19.5.